The van der Waals surface area contributed by atoms with E-state index in [1.54, 1.807) is 27.9 Å². The normalized spacial score (nSPS) is 17.8. The zero-order valence-corrected chi connectivity index (χ0v) is 18.9. The number of ether oxygens (including phenoxy) is 7. The Kier molecular flexibility index (Phi) is 16.2. The van der Waals surface area contributed by atoms with Gasteiger partial charge in [0.15, 0.2) is 0 Å². The van der Waals surface area contributed by atoms with Gasteiger partial charge in [-0.2, -0.15) is 0 Å². The molecule has 0 heterocycles. The molecule has 0 saturated heterocycles. The summed E-state index contributed by atoms with van der Waals surface area (Å²) in [5.74, 6) is 0. The first-order chi connectivity index (χ1) is 13.6. The van der Waals surface area contributed by atoms with Crippen molar-refractivity contribution < 1.29 is 43.1 Å². The lowest BCUT2D eigenvalue weighted by molar-refractivity contribution is -0.0789. The summed E-state index contributed by atoms with van der Waals surface area (Å²) in [6.45, 7) is 12.5. The first-order valence-electron chi connectivity index (χ1n) is 10.1. The molecule has 0 aromatic carbocycles. The Labute approximate surface area is 174 Å². The molecule has 0 fully saturated rings. The third kappa shape index (κ3) is 17.6. The first-order valence-corrected chi connectivity index (χ1v) is 10.1. The van der Waals surface area contributed by atoms with Crippen LogP contribution in [-0.4, -0.2) is 94.6 Å². The van der Waals surface area contributed by atoms with Gasteiger partial charge in [0.2, 0.25) is 0 Å². The second-order valence-corrected chi connectivity index (χ2v) is 7.34. The first kappa shape index (κ1) is 28.0. The van der Waals surface area contributed by atoms with Crippen molar-refractivity contribution in [1.82, 2.24) is 0 Å². The van der Waals surface area contributed by atoms with E-state index in [9.17, 15) is 9.90 Å². The van der Waals surface area contributed by atoms with Gasteiger partial charge in [-0.15, -0.1) is 0 Å². The van der Waals surface area contributed by atoms with Crippen molar-refractivity contribution in [3.05, 3.63) is 0 Å². The molecule has 0 rings (SSSR count). The fraction of sp³-hybridized carbons (Fsp3) is 0.950. The lowest BCUT2D eigenvalue weighted by atomic mass is 10.4. The highest BCUT2D eigenvalue weighted by molar-refractivity contribution is 5.59. The minimum atomic E-state index is -0.771. The second kappa shape index (κ2) is 16.8. The Balaban J connectivity index is 3.78. The minimum absolute atomic E-state index is 0.0272. The van der Waals surface area contributed by atoms with Gasteiger partial charge in [-0.3, -0.25) is 0 Å². The summed E-state index contributed by atoms with van der Waals surface area (Å²) in [5, 5.41) is 9.17. The van der Waals surface area contributed by atoms with Crippen molar-refractivity contribution in [2.75, 3.05) is 46.8 Å². The minimum Gasteiger partial charge on any atom is -0.432 e. The number of carbonyl (C=O) groups excluding carboxylic acids is 1. The molecule has 1 N–H and O–H groups in total. The van der Waals surface area contributed by atoms with Gasteiger partial charge in [0.1, 0.15) is 13.2 Å². The summed E-state index contributed by atoms with van der Waals surface area (Å²) in [6, 6.07) is 0. The van der Waals surface area contributed by atoms with Crippen LogP contribution in [0.3, 0.4) is 0 Å². The Morgan fingerprint density at radius 1 is 0.621 bits per heavy atom. The molecule has 9 heteroatoms. The molecule has 0 aliphatic heterocycles. The fourth-order valence-corrected chi connectivity index (χ4v) is 1.88. The summed E-state index contributed by atoms with van der Waals surface area (Å²) in [4.78, 5) is 11.7. The number of rotatable bonds is 17. The maximum absolute atomic E-state index is 11.7. The van der Waals surface area contributed by atoms with Crippen LogP contribution >= 0.6 is 0 Å². The zero-order valence-electron chi connectivity index (χ0n) is 18.9. The topological polar surface area (TPSA) is 102 Å². The summed E-state index contributed by atoms with van der Waals surface area (Å²) in [7, 11) is 1.63. The van der Waals surface area contributed by atoms with Crippen LogP contribution in [0.5, 0.6) is 0 Å². The highest BCUT2D eigenvalue weighted by Gasteiger charge is 2.14. The number of aliphatic hydroxyl groups is 1. The molecule has 0 saturated carbocycles. The second-order valence-electron chi connectivity index (χ2n) is 7.34. The van der Waals surface area contributed by atoms with E-state index in [1.807, 2.05) is 20.8 Å². The number of hydrogen-bond acceptors (Lipinski definition) is 9. The number of hydrogen-bond donors (Lipinski definition) is 1. The van der Waals surface area contributed by atoms with Crippen molar-refractivity contribution in [2.45, 2.75) is 78.2 Å². The molecule has 0 bridgehead atoms. The zero-order chi connectivity index (χ0) is 22.2. The van der Waals surface area contributed by atoms with E-state index in [2.05, 4.69) is 0 Å². The molecule has 0 amide bonds. The van der Waals surface area contributed by atoms with Gasteiger partial charge in [0.25, 0.3) is 0 Å². The fourth-order valence-electron chi connectivity index (χ4n) is 1.88. The lowest BCUT2D eigenvalue weighted by Crippen LogP contribution is -2.28. The molecule has 6 atom stereocenters. The number of aliphatic hydroxyl groups excluding tert-OH is 1. The van der Waals surface area contributed by atoms with Gasteiger partial charge in [-0.1, -0.05) is 0 Å². The van der Waals surface area contributed by atoms with Crippen LogP contribution in [0.4, 0.5) is 4.79 Å². The molecule has 0 aromatic rings. The Bertz CT molecular complexity index is 405. The van der Waals surface area contributed by atoms with Crippen molar-refractivity contribution in [2.24, 2.45) is 0 Å². The Morgan fingerprint density at radius 3 is 1.34 bits per heavy atom. The van der Waals surface area contributed by atoms with E-state index >= 15 is 0 Å². The van der Waals surface area contributed by atoms with E-state index in [0.29, 0.717) is 19.8 Å². The maximum atomic E-state index is 11.7. The average Bonchev–Trinajstić information content (AvgIpc) is 2.69. The van der Waals surface area contributed by atoms with Crippen LogP contribution < -0.4 is 0 Å². The molecule has 0 aromatic heterocycles. The SMILES string of the molecule is COC(C)COC(C)COC(C)COC(=O)OCC(C)OCC(C)OCC(C)O. The van der Waals surface area contributed by atoms with E-state index in [4.69, 9.17) is 33.2 Å². The van der Waals surface area contributed by atoms with E-state index in [0.717, 1.165) is 0 Å². The number of methoxy groups -OCH3 is 1. The van der Waals surface area contributed by atoms with Gasteiger partial charge >= 0.3 is 6.16 Å². The molecule has 0 spiro atoms. The predicted octanol–water partition coefficient (Wildman–Crippen LogP) is 2.18. The third-order valence-electron chi connectivity index (χ3n) is 3.74. The van der Waals surface area contributed by atoms with Gasteiger partial charge in [0.05, 0.1) is 63.1 Å². The largest absolute Gasteiger partial charge is 0.508 e. The predicted molar refractivity (Wildman–Crippen MR) is 107 cm³/mol. The molecule has 174 valence electrons. The smallest absolute Gasteiger partial charge is 0.432 e. The van der Waals surface area contributed by atoms with Crippen LogP contribution in [0.25, 0.3) is 0 Å². The van der Waals surface area contributed by atoms with Crippen LogP contribution in [0.2, 0.25) is 0 Å². The Morgan fingerprint density at radius 2 is 0.966 bits per heavy atom. The van der Waals surface area contributed by atoms with Crippen molar-refractivity contribution in [3.8, 4) is 0 Å². The molecule has 0 aliphatic carbocycles. The Hall–Kier alpha value is -0.970. The number of carbonyl (C=O) groups is 1. The van der Waals surface area contributed by atoms with Gasteiger partial charge in [-0.05, 0) is 41.5 Å². The van der Waals surface area contributed by atoms with E-state index in [-0.39, 0.29) is 50.3 Å². The van der Waals surface area contributed by atoms with Crippen molar-refractivity contribution >= 4 is 6.16 Å². The van der Waals surface area contributed by atoms with Crippen molar-refractivity contribution in [1.29, 1.82) is 0 Å². The molecule has 0 radical (unpaired) electrons. The molecule has 6 unspecified atom stereocenters. The quantitative estimate of drug-likeness (QED) is 0.352. The third-order valence-corrected chi connectivity index (χ3v) is 3.74. The molecule has 9 nitrogen and oxygen atoms in total. The van der Waals surface area contributed by atoms with E-state index < -0.39 is 12.3 Å². The van der Waals surface area contributed by atoms with Crippen LogP contribution in [0, 0.1) is 0 Å². The van der Waals surface area contributed by atoms with E-state index in [1.165, 1.54) is 0 Å². The standard InChI is InChI=1S/C20H40O9/c1-14(21)8-24-16(3)10-26-18(5)12-28-20(22)29-13-19(6)27-11-17(4)25-9-15(2)23-7/h14-19,21H,8-13H2,1-7H3. The van der Waals surface area contributed by atoms with Gasteiger partial charge in [-0.25, -0.2) is 4.79 Å². The van der Waals surface area contributed by atoms with Gasteiger partial charge < -0.3 is 38.3 Å². The van der Waals surface area contributed by atoms with Crippen molar-refractivity contribution in [3.63, 3.8) is 0 Å². The van der Waals surface area contributed by atoms with Crippen LogP contribution in [-0.2, 0) is 33.2 Å². The summed E-state index contributed by atoms with van der Waals surface area (Å²) in [6.07, 6.45) is -2.11. The molecule has 0 aliphatic rings. The summed E-state index contributed by atoms with van der Waals surface area (Å²) >= 11 is 0. The lowest BCUT2D eigenvalue weighted by Gasteiger charge is -2.20. The maximum Gasteiger partial charge on any atom is 0.508 e. The molecule has 29 heavy (non-hydrogen) atoms. The summed E-state index contributed by atoms with van der Waals surface area (Å²) in [5.41, 5.74) is 0. The monoisotopic (exact) mass is 424 g/mol. The molecular formula is C20H40O9. The molecular weight excluding hydrogens is 384 g/mol. The van der Waals surface area contributed by atoms with Crippen LogP contribution in [0.15, 0.2) is 0 Å². The highest BCUT2D eigenvalue weighted by Crippen LogP contribution is 2.02. The van der Waals surface area contributed by atoms with Crippen LogP contribution in [0.1, 0.15) is 41.5 Å². The van der Waals surface area contributed by atoms with Gasteiger partial charge in [0, 0.05) is 7.11 Å². The summed E-state index contributed by atoms with van der Waals surface area (Å²) < 4.78 is 37.3. The highest BCUT2D eigenvalue weighted by atomic mass is 16.7. The average molecular weight is 425 g/mol.